The molecular formula is C51H33N3S. The van der Waals surface area contributed by atoms with Gasteiger partial charge in [0.1, 0.15) is 0 Å². The number of rotatable bonds is 7. The van der Waals surface area contributed by atoms with Gasteiger partial charge >= 0.3 is 0 Å². The molecule has 0 fully saturated rings. The van der Waals surface area contributed by atoms with Crippen LogP contribution in [0.1, 0.15) is 0 Å². The minimum absolute atomic E-state index is 0.628. The SMILES string of the molecule is c1ccc(-c2cccc(-c3cccc(-c4nc(-c5ccc(-c6cccc7c6sc6ccccc67)cc5)nc(-c5ccccc5-c5ccccc5)n4)c3)c2)cc1. The molecule has 8 aromatic carbocycles. The van der Waals surface area contributed by atoms with Gasteiger partial charge in [0.15, 0.2) is 17.5 Å². The van der Waals surface area contributed by atoms with Crippen LogP contribution in [0.25, 0.3) is 98.8 Å². The number of nitrogens with zero attached hydrogens (tertiary/aromatic N) is 3. The predicted octanol–water partition coefficient (Wildman–Crippen LogP) is 13.9. The first kappa shape index (κ1) is 32.6. The molecule has 0 N–H and O–H groups in total. The van der Waals surface area contributed by atoms with Crippen molar-refractivity contribution in [3.05, 3.63) is 200 Å². The van der Waals surface area contributed by atoms with Crippen LogP contribution in [0.15, 0.2) is 200 Å². The minimum Gasteiger partial charge on any atom is -0.208 e. The monoisotopic (exact) mass is 719 g/mol. The first-order valence-corrected chi connectivity index (χ1v) is 19.3. The summed E-state index contributed by atoms with van der Waals surface area (Å²) in [6, 6.07) is 70.4. The lowest BCUT2D eigenvalue weighted by molar-refractivity contribution is 1.07. The summed E-state index contributed by atoms with van der Waals surface area (Å²) in [7, 11) is 0. The average molecular weight is 720 g/mol. The van der Waals surface area contributed by atoms with E-state index in [0.717, 1.165) is 44.5 Å². The van der Waals surface area contributed by atoms with Crippen LogP contribution in [0.4, 0.5) is 0 Å². The molecule has 10 rings (SSSR count). The first-order chi connectivity index (χ1) is 27.2. The number of hydrogen-bond acceptors (Lipinski definition) is 4. The molecule has 0 aliphatic heterocycles. The molecule has 0 amide bonds. The molecule has 0 atom stereocenters. The molecule has 0 aliphatic carbocycles. The van der Waals surface area contributed by atoms with Gasteiger partial charge in [-0.2, -0.15) is 0 Å². The fraction of sp³-hybridized carbons (Fsp3) is 0. The molecular weight excluding hydrogens is 687 g/mol. The molecule has 258 valence electrons. The molecule has 0 saturated carbocycles. The van der Waals surface area contributed by atoms with Gasteiger partial charge in [0.05, 0.1) is 0 Å². The summed E-state index contributed by atoms with van der Waals surface area (Å²) in [5.41, 5.74) is 12.0. The lowest BCUT2D eigenvalue weighted by atomic mass is 9.97. The van der Waals surface area contributed by atoms with E-state index in [0.29, 0.717) is 17.5 Å². The molecule has 4 heteroatoms. The van der Waals surface area contributed by atoms with Crippen LogP contribution >= 0.6 is 11.3 Å². The molecule has 0 radical (unpaired) electrons. The highest BCUT2D eigenvalue weighted by Gasteiger charge is 2.17. The summed E-state index contributed by atoms with van der Waals surface area (Å²) < 4.78 is 2.60. The van der Waals surface area contributed by atoms with E-state index in [1.54, 1.807) is 0 Å². The Bertz CT molecular complexity index is 2970. The molecule has 0 saturated heterocycles. The van der Waals surface area contributed by atoms with E-state index in [1.807, 2.05) is 23.5 Å². The molecule has 10 aromatic rings. The fourth-order valence-electron chi connectivity index (χ4n) is 7.42. The number of benzene rings is 8. The van der Waals surface area contributed by atoms with Crippen molar-refractivity contribution >= 4 is 31.5 Å². The zero-order valence-electron chi connectivity index (χ0n) is 29.8. The summed E-state index contributed by atoms with van der Waals surface area (Å²) in [6.07, 6.45) is 0. The summed E-state index contributed by atoms with van der Waals surface area (Å²) in [4.78, 5) is 15.5. The van der Waals surface area contributed by atoms with Gasteiger partial charge in [0.2, 0.25) is 0 Å². The van der Waals surface area contributed by atoms with Gasteiger partial charge in [-0.15, -0.1) is 11.3 Å². The molecule has 55 heavy (non-hydrogen) atoms. The van der Waals surface area contributed by atoms with Gasteiger partial charge < -0.3 is 0 Å². The van der Waals surface area contributed by atoms with Gasteiger partial charge in [-0.1, -0.05) is 182 Å². The van der Waals surface area contributed by atoms with Crippen molar-refractivity contribution in [1.82, 2.24) is 15.0 Å². The second-order valence-electron chi connectivity index (χ2n) is 13.6. The molecule has 0 unspecified atom stereocenters. The molecule has 0 spiro atoms. The van der Waals surface area contributed by atoms with Gasteiger partial charge in [0, 0.05) is 36.9 Å². The van der Waals surface area contributed by atoms with Crippen molar-refractivity contribution < 1.29 is 0 Å². The maximum atomic E-state index is 5.18. The second-order valence-corrected chi connectivity index (χ2v) is 14.7. The van der Waals surface area contributed by atoms with E-state index in [9.17, 15) is 0 Å². The third-order valence-electron chi connectivity index (χ3n) is 10.2. The van der Waals surface area contributed by atoms with Crippen molar-refractivity contribution in [3.63, 3.8) is 0 Å². The van der Waals surface area contributed by atoms with Gasteiger partial charge in [-0.05, 0) is 62.7 Å². The van der Waals surface area contributed by atoms with Gasteiger partial charge in [-0.3, -0.25) is 0 Å². The Morgan fingerprint density at radius 1 is 0.273 bits per heavy atom. The standard InChI is InChI=1S/C51H33N3S/c1-3-14-34(15-4-1)38-18-11-19-39(32-38)40-20-12-21-41(33-40)50-52-49(53-51(54-50)46-24-8-7-22-42(46)35-16-5-2-6-17-35)37-30-28-36(29-31-37)43-25-13-26-45-44-23-9-10-27-47(44)55-48(43)45/h1-33H. The van der Waals surface area contributed by atoms with Crippen LogP contribution in [-0.4, -0.2) is 15.0 Å². The van der Waals surface area contributed by atoms with Crippen molar-refractivity contribution in [2.24, 2.45) is 0 Å². The Morgan fingerprint density at radius 2 is 0.727 bits per heavy atom. The zero-order chi connectivity index (χ0) is 36.6. The highest BCUT2D eigenvalue weighted by molar-refractivity contribution is 7.26. The molecule has 0 bridgehead atoms. The van der Waals surface area contributed by atoms with E-state index >= 15 is 0 Å². The largest absolute Gasteiger partial charge is 0.208 e. The quantitative estimate of drug-likeness (QED) is 0.165. The van der Waals surface area contributed by atoms with E-state index < -0.39 is 0 Å². The zero-order valence-corrected chi connectivity index (χ0v) is 30.6. The van der Waals surface area contributed by atoms with Crippen LogP contribution in [-0.2, 0) is 0 Å². The maximum absolute atomic E-state index is 5.18. The van der Waals surface area contributed by atoms with E-state index in [2.05, 4.69) is 188 Å². The Hall–Kier alpha value is -7.01. The van der Waals surface area contributed by atoms with Crippen LogP contribution in [0.5, 0.6) is 0 Å². The smallest absolute Gasteiger partial charge is 0.164 e. The highest BCUT2D eigenvalue weighted by Crippen LogP contribution is 2.40. The number of aromatic nitrogens is 3. The first-order valence-electron chi connectivity index (χ1n) is 18.4. The lowest BCUT2D eigenvalue weighted by Crippen LogP contribution is -2.01. The van der Waals surface area contributed by atoms with Crippen molar-refractivity contribution in [1.29, 1.82) is 0 Å². The third kappa shape index (κ3) is 6.29. The van der Waals surface area contributed by atoms with E-state index in [1.165, 1.54) is 36.9 Å². The molecule has 2 heterocycles. The normalized spacial score (nSPS) is 11.3. The van der Waals surface area contributed by atoms with Crippen molar-refractivity contribution in [2.45, 2.75) is 0 Å². The van der Waals surface area contributed by atoms with E-state index in [4.69, 9.17) is 15.0 Å². The maximum Gasteiger partial charge on any atom is 0.164 e. The Balaban J connectivity index is 1.09. The predicted molar refractivity (Wildman–Crippen MR) is 231 cm³/mol. The number of hydrogen-bond donors (Lipinski definition) is 0. The molecule has 2 aromatic heterocycles. The minimum atomic E-state index is 0.628. The Labute approximate surface area is 323 Å². The van der Waals surface area contributed by atoms with Gasteiger partial charge in [0.25, 0.3) is 0 Å². The molecule has 3 nitrogen and oxygen atoms in total. The summed E-state index contributed by atoms with van der Waals surface area (Å²) in [5.74, 6) is 1.89. The fourth-order valence-corrected chi connectivity index (χ4v) is 8.66. The van der Waals surface area contributed by atoms with Crippen LogP contribution in [0.3, 0.4) is 0 Å². The van der Waals surface area contributed by atoms with Crippen LogP contribution < -0.4 is 0 Å². The Kier molecular flexibility index (Phi) is 8.36. The van der Waals surface area contributed by atoms with Gasteiger partial charge in [-0.25, -0.2) is 15.0 Å². The summed E-state index contributed by atoms with van der Waals surface area (Å²) in [6.45, 7) is 0. The third-order valence-corrected chi connectivity index (χ3v) is 11.4. The highest BCUT2D eigenvalue weighted by atomic mass is 32.1. The number of fused-ring (bicyclic) bond motifs is 3. The van der Waals surface area contributed by atoms with Crippen LogP contribution in [0.2, 0.25) is 0 Å². The summed E-state index contributed by atoms with van der Waals surface area (Å²) in [5, 5.41) is 2.59. The topological polar surface area (TPSA) is 38.7 Å². The van der Waals surface area contributed by atoms with E-state index in [-0.39, 0.29) is 0 Å². The van der Waals surface area contributed by atoms with Crippen molar-refractivity contribution in [3.8, 4) is 78.7 Å². The summed E-state index contributed by atoms with van der Waals surface area (Å²) >= 11 is 1.85. The second kappa shape index (κ2) is 14.1. The Morgan fingerprint density at radius 3 is 1.47 bits per heavy atom. The lowest BCUT2D eigenvalue weighted by Gasteiger charge is -2.13. The number of thiophene rings is 1. The van der Waals surface area contributed by atoms with Crippen molar-refractivity contribution in [2.75, 3.05) is 0 Å². The van der Waals surface area contributed by atoms with Crippen LogP contribution in [0, 0.1) is 0 Å². The average Bonchev–Trinajstić information content (AvgIpc) is 3.66. The molecule has 0 aliphatic rings.